The van der Waals surface area contributed by atoms with E-state index in [2.05, 4.69) is 33.1 Å². The molecule has 0 aromatic carbocycles. The number of hydrogen-bond acceptors (Lipinski definition) is 6. The summed E-state index contributed by atoms with van der Waals surface area (Å²) in [5.41, 5.74) is 9.62. The van der Waals surface area contributed by atoms with Crippen molar-refractivity contribution in [2.45, 2.75) is 57.2 Å². The van der Waals surface area contributed by atoms with Gasteiger partial charge >= 0.3 is 0 Å². The predicted molar refractivity (Wildman–Crippen MR) is 105 cm³/mol. The number of carbonyl (C=O) groups excluding carboxylic acids is 1. The number of pyridine rings is 1. The lowest BCUT2D eigenvalue weighted by molar-refractivity contribution is -0.126. The van der Waals surface area contributed by atoms with Gasteiger partial charge in [-0.2, -0.15) is 0 Å². The Hall–Kier alpha value is -2.38. The normalized spacial score (nSPS) is 29.3. The summed E-state index contributed by atoms with van der Waals surface area (Å²) in [5.74, 6) is 1.42. The third-order valence-corrected chi connectivity index (χ3v) is 6.25. The Morgan fingerprint density at radius 1 is 1.21 bits per heavy atom. The maximum Gasteiger partial charge on any atom is 0.226 e. The van der Waals surface area contributed by atoms with E-state index in [0.717, 1.165) is 36.1 Å². The summed E-state index contributed by atoms with van der Waals surface area (Å²) in [6.07, 6.45) is 10.7. The minimum Gasteiger partial charge on any atom is -0.349 e. The summed E-state index contributed by atoms with van der Waals surface area (Å²) >= 11 is 0. The number of aromatic nitrogens is 3. The SMILES string of the molecule is CC1NNC(C2CC2)C1C(=O)NC1CCCc2nc(-c3cccnc3)ncc21. The number of nitrogens with zero attached hydrogens (tertiary/aromatic N) is 3. The van der Waals surface area contributed by atoms with E-state index in [1.54, 1.807) is 12.4 Å². The van der Waals surface area contributed by atoms with Crippen LogP contribution in [0.3, 0.4) is 0 Å². The summed E-state index contributed by atoms with van der Waals surface area (Å²) < 4.78 is 0. The summed E-state index contributed by atoms with van der Waals surface area (Å²) in [4.78, 5) is 26.6. The number of nitrogens with one attached hydrogen (secondary N) is 3. The van der Waals surface area contributed by atoms with Crippen LogP contribution in [0.4, 0.5) is 0 Å². The lowest BCUT2D eigenvalue weighted by atomic mass is 9.88. The molecule has 28 heavy (non-hydrogen) atoms. The van der Waals surface area contributed by atoms with Crippen LogP contribution in [0.15, 0.2) is 30.7 Å². The zero-order valence-corrected chi connectivity index (χ0v) is 16.1. The Bertz CT molecular complexity index is 868. The van der Waals surface area contributed by atoms with Crippen LogP contribution >= 0.6 is 0 Å². The van der Waals surface area contributed by atoms with E-state index in [-0.39, 0.29) is 30.0 Å². The van der Waals surface area contributed by atoms with E-state index in [4.69, 9.17) is 4.98 Å². The van der Waals surface area contributed by atoms with Gasteiger partial charge in [0.1, 0.15) is 0 Å². The van der Waals surface area contributed by atoms with Crippen LogP contribution in [-0.2, 0) is 11.2 Å². The van der Waals surface area contributed by atoms with Crippen molar-refractivity contribution in [1.29, 1.82) is 0 Å². The molecule has 3 heterocycles. The van der Waals surface area contributed by atoms with Gasteiger partial charge in [-0.15, -0.1) is 0 Å². The first-order chi connectivity index (χ1) is 13.7. The number of aryl methyl sites for hydroxylation is 1. The number of hydrazine groups is 1. The van der Waals surface area contributed by atoms with E-state index in [1.165, 1.54) is 12.8 Å². The van der Waals surface area contributed by atoms with Gasteiger partial charge in [-0.1, -0.05) is 0 Å². The molecule has 2 aliphatic carbocycles. The Balaban J connectivity index is 1.35. The molecular weight excluding hydrogens is 352 g/mol. The van der Waals surface area contributed by atoms with Crippen molar-refractivity contribution in [3.8, 4) is 11.4 Å². The van der Waals surface area contributed by atoms with Crippen molar-refractivity contribution in [3.05, 3.63) is 42.0 Å². The number of hydrogen-bond donors (Lipinski definition) is 3. The first-order valence-electron chi connectivity index (χ1n) is 10.3. The summed E-state index contributed by atoms with van der Waals surface area (Å²) in [7, 11) is 0. The van der Waals surface area contributed by atoms with E-state index >= 15 is 0 Å². The lowest BCUT2D eigenvalue weighted by Gasteiger charge is -2.28. The van der Waals surface area contributed by atoms with Crippen LogP contribution in [0.5, 0.6) is 0 Å². The van der Waals surface area contributed by atoms with Gasteiger partial charge in [0, 0.05) is 47.5 Å². The smallest absolute Gasteiger partial charge is 0.226 e. The van der Waals surface area contributed by atoms with Crippen LogP contribution in [0.2, 0.25) is 0 Å². The monoisotopic (exact) mass is 378 g/mol. The van der Waals surface area contributed by atoms with Crippen molar-refractivity contribution in [3.63, 3.8) is 0 Å². The molecule has 1 saturated heterocycles. The van der Waals surface area contributed by atoms with Crippen molar-refractivity contribution < 1.29 is 4.79 Å². The molecule has 3 N–H and O–H groups in total. The first kappa shape index (κ1) is 17.7. The van der Waals surface area contributed by atoms with E-state index < -0.39 is 0 Å². The number of rotatable bonds is 4. The molecule has 2 aromatic rings. The molecule has 0 bridgehead atoms. The summed E-state index contributed by atoms with van der Waals surface area (Å²) in [5, 5.41) is 3.31. The van der Waals surface area contributed by atoms with Crippen molar-refractivity contribution in [2.75, 3.05) is 0 Å². The number of amides is 1. The van der Waals surface area contributed by atoms with Crippen molar-refractivity contribution in [2.24, 2.45) is 11.8 Å². The molecule has 1 amide bonds. The highest BCUT2D eigenvalue weighted by molar-refractivity contribution is 5.81. The van der Waals surface area contributed by atoms with E-state index in [1.807, 2.05) is 18.3 Å². The molecule has 4 unspecified atom stereocenters. The van der Waals surface area contributed by atoms with Crippen LogP contribution in [-0.4, -0.2) is 32.9 Å². The maximum atomic E-state index is 13.1. The second-order valence-corrected chi connectivity index (χ2v) is 8.26. The average Bonchev–Trinajstić information content (AvgIpc) is 3.50. The zero-order chi connectivity index (χ0) is 19.1. The second-order valence-electron chi connectivity index (χ2n) is 8.26. The summed E-state index contributed by atoms with van der Waals surface area (Å²) in [6.45, 7) is 2.08. The summed E-state index contributed by atoms with van der Waals surface area (Å²) in [6, 6.07) is 4.23. The van der Waals surface area contributed by atoms with Crippen LogP contribution in [0.1, 0.15) is 49.9 Å². The molecule has 0 spiro atoms. The molecule has 1 aliphatic heterocycles. The Kier molecular flexibility index (Phi) is 4.56. The average molecular weight is 378 g/mol. The van der Waals surface area contributed by atoms with Crippen LogP contribution < -0.4 is 16.2 Å². The molecule has 1 saturated carbocycles. The predicted octanol–water partition coefficient (Wildman–Crippen LogP) is 1.92. The topological polar surface area (TPSA) is 91.8 Å². The minimum absolute atomic E-state index is 0.00754. The fraction of sp³-hybridized carbons (Fsp3) is 0.524. The van der Waals surface area contributed by atoms with Gasteiger partial charge < -0.3 is 5.32 Å². The second kappa shape index (κ2) is 7.22. The molecule has 146 valence electrons. The van der Waals surface area contributed by atoms with Gasteiger partial charge in [0.15, 0.2) is 5.82 Å². The molecule has 5 rings (SSSR count). The van der Waals surface area contributed by atoms with Crippen LogP contribution in [0, 0.1) is 11.8 Å². The highest BCUT2D eigenvalue weighted by Gasteiger charge is 2.46. The lowest BCUT2D eigenvalue weighted by Crippen LogP contribution is -2.44. The maximum absolute atomic E-state index is 13.1. The van der Waals surface area contributed by atoms with Gasteiger partial charge in [0.2, 0.25) is 5.91 Å². The van der Waals surface area contributed by atoms with Gasteiger partial charge in [-0.25, -0.2) is 9.97 Å². The highest BCUT2D eigenvalue weighted by Crippen LogP contribution is 2.39. The van der Waals surface area contributed by atoms with E-state index in [0.29, 0.717) is 11.7 Å². The highest BCUT2D eigenvalue weighted by atomic mass is 16.2. The quantitative estimate of drug-likeness (QED) is 0.753. The fourth-order valence-corrected chi connectivity index (χ4v) is 4.57. The number of fused-ring (bicyclic) bond motifs is 1. The van der Waals surface area contributed by atoms with Gasteiger partial charge in [0.25, 0.3) is 0 Å². The zero-order valence-electron chi connectivity index (χ0n) is 16.1. The Morgan fingerprint density at radius 3 is 2.89 bits per heavy atom. The minimum atomic E-state index is -0.0338. The fourth-order valence-electron chi connectivity index (χ4n) is 4.57. The molecule has 7 nitrogen and oxygen atoms in total. The Labute approximate surface area is 164 Å². The molecule has 2 aromatic heterocycles. The molecule has 7 heteroatoms. The first-order valence-corrected chi connectivity index (χ1v) is 10.3. The van der Waals surface area contributed by atoms with Crippen LogP contribution in [0.25, 0.3) is 11.4 Å². The van der Waals surface area contributed by atoms with Crippen molar-refractivity contribution >= 4 is 5.91 Å². The van der Waals surface area contributed by atoms with Gasteiger partial charge in [-0.05, 0) is 57.1 Å². The van der Waals surface area contributed by atoms with Gasteiger partial charge in [-0.3, -0.25) is 20.6 Å². The number of carbonyl (C=O) groups is 1. The Morgan fingerprint density at radius 2 is 2.11 bits per heavy atom. The molecule has 4 atom stereocenters. The standard InChI is InChI=1S/C21H26N6O/c1-12-18(19(27-26-12)13-7-8-13)21(28)25-17-6-2-5-16-15(17)11-23-20(24-16)14-4-3-9-22-10-14/h3-4,9-13,17-19,26-27H,2,5-8H2,1H3,(H,25,28). The third-order valence-electron chi connectivity index (χ3n) is 6.25. The molecule has 0 radical (unpaired) electrons. The largest absolute Gasteiger partial charge is 0.349 e. The molecule has 3 aliphatic rings. The molecular formula is C21H26N6O. The van der Waals surface area contributed by atoms with Crippen molar-refractivity contribution in [1.82, 2.24) is 31.1 Å². The van der Waals surface area contributed by atoms with Gasteiger partial charge in [0.05, 0.1) is 12.0 Å². The third kappa shape index (κ3) is 3.29. The molecule has 2 fully saturated rings. The van der Waals surface area contributed by atoms with E-state index in [9.17, 15) is 4.79 Å².